The highest BCUT2D eigenvalue weighted by Crippen LogP contribution is 2.24. The van der Waals surface area contributed by atoms with E-state index in [2.05, 4.69) is 18.3 Å². The summed E-state index contributed by atoms with van der Waals surface area (Å²) in [6, 6.07) is 8.30. The molecule has 3 nitrogen and oxygen atoms in total. The third-order valence-corrected chi connectivity index (χ3v) is 2.70. The fourth-order valence-electron chi connectivity index (χ4n) is 1.74. The van der Waals surface area contributed by atoms with E-state index in [1.54, 1.807) is 6.92 Å². The molecule has 0 aliphatic rings. The van der Waals surface area contributed by atoms with Crippen LogP contribution in [0, 0.1) is 0 Å². The molecule has 0 aliphatic heterocycles. The Balaban J connectivity index is 2.58. The topological polar surface area (TPSA) is 41.5 Å². The van der Waals surface area contributed by atoms with Gasteiger partial charge in [0, 0.05) is 11.6 Å². The van der Waals surface area contributed by atoms with Gasteiger partial charge in [-0.2, -0.15) is 0 Å². The Morgan fingerprint density at radius 3 is 2.65 bits per heavy atom. The van der Waals surface area contributed by atoms with E-state index >= 15 is 0 Å². The summed E-state index contributed by atoms with van der Waals surface area (Å²) >= 11 is 0. The predicted molar refractivity (Wildman–Crippen MR) is 70.3 cm³/mol. The van der Waals surface area contributed by atoms with Gasteiger partial charge in [0.15, 0.2) is 0 Å². The lowest BCUT2D eigenvalue weighted by Gasteiger charge is -2.18. The van der Waals surface area contributed by atoms with Crippen molar-refractivity contribution in [2.24, 2.45) is 0 Å². The first-order chi connectivity index (χ1) is 8.15. The van der Waals surface area contributed by atoms with Crippen LogP contribution in [0.25, 0.3) is 0 Å². The maximum absolute atomic E-state index is 9.21. The van der Waals surface area contributed by atoms with Gasteiger partial charge >= 0.3 is 0 Å². The number of hydrogen-bond acceptors (Lipinski definition) is 3. The molecule has 2 atom stereocenters. The van der Waals surface area contributed by atoms with E-state index in [0.717, 1.165) is 18.7 Å². The zero-order valence-electron chi connectivity index (χ0n) is 10.9. The first kappa shape index (κ1) is 14.0. The SMILES string of the molecule is CCOc1ccccc1C(C)NCCC(C)O. The van der Waals surface area contributed by atoms with Gasteiger partial charge in [-0.15, -0.1) is 0 Å². The van der Waals surface area contributed by atoms with E-state index < -0.39 is 0 Å². The first-order valence-electron chi connectivity index (χ1n) is 6.28. The summed E-state index contributed by atoms with van der Waals surface area (Å²) in [5, 5.41) is 12.6. The second-order valence-electron chi connectivity index (χ2n) is 4.28. The molecule has 0 bridgehead atoms. The van der Waals surface area contributed by atoms with Crippen molar-refractivity contribution >= 4 is 0 Å². The summed E-state index contributed by atoms with van der Waals surface area (Å²) < 4.78 is 5.60. The van der Waals surface area contributed by atoms with Crippen LogP contribution in [0.5, 0.6) is 5.75 Å². The van der Waals surface area contributed by atoms with Crippen LogP contribution in [-0.2, 0) is 0 Å². The predicted octanol–water partition coefficient (Wildman–Crippen LogP) is 2.51. The van der Waals surface area contributed by atoms with Crippen LogP contribution >= 0.6 is 0 Å². The Hall–Kier alpha value is -1.06. The summed E-state index contributed by atoms with van der Waals surface area (Å²) in [6.45, 7) is 7.39. The van der Waals surface area contributed by atoms with Gasteiger partial charge < -0.3 is 15.2 Å². The molecule has 17 heavy (non-hydrogen) atoms. The van der Waals surface area contributed by atoms with Crippen LogP contribution in [0.15, 0.2) is 24.3 Å². The number of para-hydroxylation sites is 1. The van der Waals surface area contributed by atoms with Crippen molar-refractivity contribution < 1.29 is 9.84 Å². The molecule has 1 aromatic rings. The van der Waals surface area contributed by atoms with Gasteiger partial charge in [-0.1, -0.05) is 18.2 Å². The molecule has 0 heterocycles. The number of benzene rings is 1. The molecule has 0 saturated carbocycles. The number of hydrogen-bond donors (Lipinski definition) is 2. The maximum atomic E-state index is 9.21. The van der Waals surface area contributed by atoms with Crippen molar-refractivity contribution in [2.75, 3.05) is 13.2 Å². The van der Waals surface area contributed by atoms with Crippen LogP contribution in [0.1, 0.15) is 38.8 Å². The molecule has 0 amide bonds. The average Bonchev–Trinajstić information content (AvgIpc) is 2.29. The molecule has 0 aliphatic carbocycles. The molecule has 96 valence electrons. The Labute approximate surface area is 104 Å². The van der Waals surface area contributed by atoms with Crippen molar-refractivity contribution in [3.05, 3.63) is 29.8 Å². The summed E-state index contributed by atoms with van der Waals surface area (Å²) in [7, 11) is 0. The van der Waals surface area contributed by atoms with E-state index in [-0.39, 0.29) is 12.1 Å². The molecule has 0 spiro atoms. The number of aliphatic hydroxyl groups is 1. The third-order valence-electron chi connectivity index (χ3n) is 2.70. The Morgan fingerprint density at radius 2 is 2.00 bits per heavy atom. The van der Waals surface area contributed by atoms with Crippen molar-refractivity contribution in [3.8, 4) is 5.75 Å². The zero-order chi connectivity index (χ0) is 12.7. The monoisotopic (exact) mass is 237 g/mol. The van der Waals surface area contributed by atoms with E-state index in [4.69, 9.17) is 4.74 Å². The van der Waals surface area contributed by atoms with E-state index in [1.165, 1.54) is 5.56 Å². The largest absolute Gasteiger partial charge is 0.494 e. The molecule has 2 unspecified atom stereocenters. The van der Waals surface area contributed by atoms with Gasteiger partial charge in [0.2, 0.25) is 0 Å². The van der Waals surface area contributed by atoms with Crippen LogP contribution < -0.4 is 10.1 Å². The number of rotatable bonds is 7. The van der Waals surface area contributed by atoms with Gasteiger partial charge in [0.1, 0.15) is 5.75 Å². The van der Waals surface area contributed by atoms with Crippen LogP contribution in [0.4, 0.5) is 0 Å². The van der Waals surface area contributed by atoms with Gasteiger partial charge in [-0.05, 0) is 39.8 Å². The Bertz CT molecular complexity index is 326. The first-order valence-corrected chi connectivity index (χ1v) is 6.28. The fraction of sp³-hybridized carbons (Fsp3) is 0.571. The van der Waals surface area contributed by atoms with Gasteiger partial charge in [0.25, 0.3) is 0 Å². The minimum absolute atomic E-state index is 0.233. The molecule has 1 rings (SSSR count). The van der Waals surface area contributed by atoms with Crippen LogP contribution in [0.2, 0.25) is 0 Å². The van der Waals surface area contributed by atoms with Crippen molar-refractivity contribution in [1.82, 2.24) is 5.32 Å². The Morgan fingerprint density at radius 1 is 1.29 bits per heavy atom. The molecule has 0 saturated heterocycles. The minimum atomic E-state index is -0.253. The fourth-order valence-corrected chi connectivity index (χ4v) is 1.74. The second kappa shape index (κ2) is 7.30. The number of nitrogens with one attached hydrogen (secondary N) is 1. The molecule has 2 N–H and O–H groups in total. The molecule has 0 fully saturated rings. The van der Waals surface area contributed by atoms with E-state index in [1.807, 2.05) is 25.1 Å². The van der Waals surface area contributed by atoms with Crippen LogP contribution in [-0.4, -0.2) is 24.4 Å². The quantitative estimate of drug-likeness (QED) is 0.765. The normalized spacial score (nSPS) is 14.4. The zero-order valence-corrected chi connectivity index (χ0v) is 10.9. The molecule has 0 aromatic heterocycles. The molecule has 3 heteroatoms. The van der Waals surface area contributed by atoms with Gasteiger partial charge in [-0.3, -0.25) is 0 Å². The molecule has 1 aromatic carbocycles. The standard InChI is InChI=1S/C14H23NO2/c1-4-17-14-8-6-5-7-13(14)12(3)15-10-9-11(2)16/h5-8,11-12,15-16H,4,9-10H2,1-3H3. The highest BCUT2D eigenvalue weighted by Gasteiger charge is 2.10. The van der Waals surface area contributed by atoms with Crippen molar-refractivity contribution in [1.29, 1.82) is 0 Å². The highest BCUT2D eigenvalue weighted by molar-refractivity contribution is 5.35. The lowest BCUT2D eigenvalue weighted by Crippen LogP contribution is -2.23. The van der Waals surface area contributed by atoms with Crippen molar-refractivity contribution in [2.45, 2.75) is 39.3 Å². The number of ether oxygens (including phenoxy) is 1. The summed E-state index contributed by atoms with van der Waals surface area (Å²) in [6.07, 6.45) is 0.512. The van der Waals surface area contributed by atoms with Gasteiger partial charge in [0.05, 0.1) is 12.7 Å². The minimum Gasteiger partial charge on any atom is -0.494 e. The van der Waals surface area contributed by atoms with E-state index in [9.17, 15) is 5.11 Å². The lowest BCUT2D eigenvalue weighted by atomic mass is 10.1. The highest BCUT2D eigenvalue weighted by atomic mass is 16.5. The second-order valence-corrected chi connectivity index (χ2v) is 4.28. The summed E-state index contributed by atoms with van der Waals surface area (Å²) in [5.41, 5.74) is 1.17. The molecular weight excluding hydrogens is 214 g/mol. The number of aliphatic hydroxyl groups excluding tert-OH is 1. The molecular formula is C14H23NO2. The lowest BCUT2D eigenvalue weighted by molar-refractivity contribution is 0.182. The maximum Gasteiger partial charge on any atom is 0.124 e. The van der Waals surface area contributed by atoms with Crippen molar-refractivity contribution in [3.63, 3.8) is 0 Å². The van der Waals surface area contributed by atoms with Gasteiger partial charge in [-0.25, -0.2) is 0 Å². The summed E-state index contributed by atoms with van der Waals surface area (Å²) in [5.74, 6) is 0.937. The summed E-state index contributed by atoms with van der Waals surface area (Å²) in [4.78, 5) is 0. The Kier molecular flexibility index (Phi) is 6.01. The molecule has 0 radical (unpaired) electrons. The average molecular weight is 237 g/mol. The van der Waals surface area contributed by atoms with E-state index in [0.29, 0.717) is 6.61 Å². The third kappa shape index (κ3) is 4.75. The smallest absolute Gasteiger partial charge is 0.124 e. The van der Waals surface area contributed by atoms with Crippen LogP contribution in [0.3, 0.4) is 0 Å².